The first kappa shape index (κ1) is 33.9. The molecule has 0 fully saturated rings. The summed E-state index contributed by atoms with van der Waals surface area (Å²) in [5, 5.41) is 0. The third-order valence-corrected chi connectivity index (χ3v) is 9.01. The van der Waals surface area contributed by atoms with Crippen LogP contribution in [0.1, 0.15) is 71.7 Å². The van der Waals surface area contributed by atoms with E-state index in [1.165, 1.54) is 22.3 Å². The minimum absolute atomic E-state index is 0.254. The molecule has 0 bridgehead atoms. The molecule has 0 aliphatic heterocycles. The number of esters is 1. The molecule has 0 aromatic heterocycles. The zero-order valence-corrected chi connectivity index (χ0v) is 28.5. The van der Waals surface area contributed by atoms with Gasteiger partial charge in [-0.15, -0.1) is 0 Å². The SMILES string of the molecule is CCOC(=O)C(Cc1ccc(OCCOC2c3ccc(-c4ccccc4)cc3C=Cc3cc(C(C)c4ccccc4)ccc32)cc1)OCC. The average molecular weight is 653 g/mol. The summed E-state index contributed by atoms with van der Waals surface area (Å²) < 4.78 is 23.6. The van der Waals surface area contributed by atoms with Crippen LogP contribution in [-0.2, 0) is 25.4 Å². The number of carbonyl (C=O) groups is 1. The Kier molecular flexibility index (Phi) is 11.4. The monoisotopic (exact) mass is 652 g/mol. The number of rotatable bonds is 14. The lowest BCUT2D eigenvalue weighted by molar-refractivity contribution is -0.156. The zero-order valence-electron chi connectivity index (χ0n) is 28.5. The fourth-order valence-electron chi connectivity index (χ4n) is 6.38. The lowest BCUT2D eigenvalue weighted by Crippen LogP contribution is -2.28. The lowest BCUT2D eigenvalue weighted by atomic mass is 9.88. The van der Waals surface area contributed by atoms with Gasteiger partial charge in [0.05, 0.1) is 13.2 Å². The van der Waals surface area contributed by atoms with E-state index in [0.717, 1.165) is 33.6 Å². The molecule has 3 atom stereocenters. The summed E-state index contributed by atoms with van der Waals surface area (Å²) in [6.45, 7) is 7.50. The third-order valence-electron chi connectivity index (χ3n) is 9.01. The molecular weight excluding hydrogens is 608 g/mol. The van der Waals surface area contributed by atoms with Crippen molar-refractivity contribution in [3.63, 3.8) is 0 Å². The first-order chi connectivity index (χ1) is 24.0. The van der Waals surface area contributed by atoms with Gasteiger partial charge >= 0.3 is 5.97 Å². The molecule has 0 radical (unpaired) electrons. The van der Waals surface area contributed by atoms with Gasteiger partial charge in [0.2, 0.25) is 0 Å². The van der Waals surface area contributed by atoms with Gasteiger partial charge in [-0.2, -0.15) is 0 Å². The van der Waals surface area contributed by atoms with E-state index in [9.17, 15) is 4.79 Å². The van der Waals surface area contributed by atoms with Crippen molar-refractivity contribution in [1.82, 2.24) is 0 Å². The first-order valence-electron chi connectivity index (χ1n) is 17.2. The number of hydrogen-bond acceptors (Lipinski definition) is 5. The second-order valence-electron chi connectivity index (χ2n) is 12.2. The fourth-order valence-corrected chi connectivity index (χ4v) is 6.38. The van der Waals surface area contributed by atoms with Crippen LogP contribution in [0.5, 0.6) is 5.75 Å². The highest BCUT2D eigenvalue weighted by molar-refractivity contribution is 5.79. The van der Waals surface area contributed by atoms with Gasteiger partial charge in [0.1, 0.15) is 18.5 Å². The second kappa shape index (κ2) is 16.4. The van der Waals surface area contributed by atoms with E-state index in [1.54, 1.807) is 6.92 Å². The van der Waals surface area contributed by atoms with Crippen molar-refractivity contribution in [2.75, 3.05) is 26.4 Å². The van der Waals surface area contributed by atoms with E-state index < -0.39 is 6.10 Å². The fraction of sp³-hybridized carbons (Fsp3) is 0.250. The maximum absolute atomic E-state index is 12.3. The largest absolute Gasteiger partial charge is 0.491 e. The van der Waals surface area contributed by atoms with Crippen molar-refractivity contribution in [1.29, 1.82) is 0 Å². The Bertz CT molecular complexity index is 1850. The van der Waals surface area contributed by atoms with Crippen LogP contribution in [0.25, 0.3) is 23.3 Å². The van der Waals surface area contributed by atoms with Crippen molar-refractivity contribution in [2.45, 2.75) is 45.3 Å². The number of benzene rings is 5. The molecule has 1 aliphatic carbocycles. The average Bonchev–Trinajstić information content (AvgIpc) is 3.30. The first-order valence-corrected chi connectivity index (χ1v) is 17.2. The van der Waals surface area contributed by atoms with Gasteiger partial charge in [-0.3, -0.25) is 0 Å². The van der Waals surface area contributed by atoms with Gasteiger partial charge in [-0.25, -0.2) is 4.79 Å². The number of fused-ring (bicyclic) bond motifs is 2. The van der Waals surface area contributed by atoms with Crippen molar-refractivity contribution in [3.05, 3.63) is 160 Å². The molecule has 5 aromatic rings. The van der Waals surface area contributed by atoms with Gasteiger partial charge in [-0.05, 0) is 82.1 Å². The van der Waals surface area contributed by atoms with Crippen molar-refractivity contribution in [3.8, 4) is 16.9 Å². The Hall–Kier alpha value is -4.97. The van der Waals surface area contributed by atoms with Crippen LogP contribution in [0.4, 0.5) is 0 Å². The lowest BCUT2D eigenvalue weighted by Gasteiger charge is -2.23. The van der Waals surface area contributed by atoms with Gasteiger partial charge in [0, 0.05) is 18.9 Å². The van der Waals surface area contributed by atoms with Crippen LogP contribution < -0.4 is 4.74 Å². The smallest absolute Gasteiger partial charge is 0.335 e. The predicted molar refractivity (Wildman–Crippen MR) is 197 cm³/mol. The molecule has 1 aliphatic rings. The Morgan fingerprint density at radius 1 is 0.673 bits per heavy atom. The van der Waals surface area contributed by atoms with Crippen LogP contribution in [0, 0.1) is 0 Å². The van der Waals surface area contributed by atoms with E-state index >= 15 is 0 Å². The van der Waals surface area contributed by atoms with E-state index in [1.807, 2.05) is 37.3 Å². The highest BCUT2D eigenvalue weighted by Gasteiger charge is 2.24. The summed E-state index contributed by atoms with van der Waals surface area (Å²) >= 11 is 0. The van der Waals surface area contributed by atoms with Crippen molar-refractivity contribution in [2.24, 2.45) is 0 Å². The summed E-state index contributed by atoms with van der Waals surface area (Å²) in [6.07, 6.45) is 4.02. The molecule has 0 heterocycles. The summed E-state index contributed by atoms with van der Waals surface area (Å²) in [5.41, 5.74) is 10.5. The maximum Gasteiger partial charge on any atom is 0.335 e. The molecule has 0 spiro atoms. The van der Waals surface area contributed by atoms with Crippen molar-refractivity contribution < 1.29 is 23.7 Å². The van der Waals surface area contributed by atoms with Gasteiger partial charge in [0.15, 0.2) is 6.10 Å². The predicted octanol–water partition coefficient (Wildman–Crippen LogP) is 9.68. The van der Waals surface area contributed by atoms with E-state index in [0.29, 0.717) is 32.8 Å². The number of hydrogen-bond donors (Lipinski definition) is 0. The summed E-state index contributed by atoms with van der Waals surface area (Å²) in [6, 6.07) is 42.3. The molecular formula is C44H44O5. The minimum Gasteiger partial charge on any atom is -0.491 e. The van der Waals surface area contributed by atoms with Crippen LogP contribution in [0.3, 0.4) is 0 Å². The molecule has 0 amide bonds. The Balaban J connectivity index is 1.19. The van der Waals surface area contributed by atoms with Crippen LogP contribution in [0.2, 0.25) is 0 Å². The van der Waals surface area contributed by atoms with Crippen LogP contribution in [-0.4, -0.2) is 38.5 Å². The van der Waals surface area contributed by atoms with Crippen LogP contribution >= 0.6 is 0 Å². The molecule has 5 heteroatoms. The van der Waals surface area contributed by atoms with Gasteiger partial charge < -0.3 is 18.9 Å². The quantitative estimate of drug-likeness (QED) is 0.0883. The normalized spacial score (nSPS) is 14.6. The highest BCUT2D eigenvalue weighted by Crippen LogP contribution is 2.39. The Labute approximate surface area is 290 Å². The van der Waals surface area contributed by atoms with Crippen molar-refractivity contribution >= 4 is 18.1 Å². The minimum atomic E-state index is -0.619. The second-order valence-corrected chi connectivity index (χ2v) is 12.2. The molecule has 49 heavy (non-hydrogen) atoms. The molecule has 6 rings (SSSR count). The van der Waals surface area contributed by atoms with Gasteiger partial charge in [-0.1, -0.05) is 122 Å². The third kappa shape index (κ3) is 8.37. The number of ether oxygens (including phenoxy) is 4. The molecule has 0 saturated heterocycles. The molecule has 250 valence electrons. The standard InChI is InChI=1S/C44H44O5/c1-4-46-42(44(45)47-5-2)28-32-16-22-39(23-17-32)48-26-27-49-43-40-24-20-35(31(3)33-12-8-6-9-13-33)29-37(40)18-19-38-30-36(21-25-41(38)43)34-14-10-7-11-15-34/h6-25,29-31,42-43H,4-5,26-28H2,1-3H3. The van der Waals surface area contributed by atoms with E-state index in [-0.39, 0.29) is 18.0 Å². The number of carbonyl (C=O) groups excluding carboxylic acids is 1. The topological polar surface area (TPSA) is 54.0 Å². The van der Waals surface area contributed by atoms with E-state index in [4.69, 9.17) is 18.9 Å². The molecule has 5 nitrogen and oxygen atoms in total. The van der Waals surface area contributed by atoms with E-state index in [2.05, 4.69) is 110 Å². The van der Waals surface area contributed by atoms with Crippen LogP contribution in [0.15, 0.2) is 121 Å². The molecule has 5 aromatic carbocycles. The summed E-state index contributed by atoms with van der Waals surface area (Å²) in [4.78, 5) is 12.3. The summed E-state index contributed by atoms with van der Waals surface area (Å²) in [7, 11) is 0. The highest BCUT2D eigenvalue weighted by atomic mass is 16.6. The summed E-state index contributed by atoms with van der Waals surface area (Å²) in [5.74, 6) is 0.674. The maximum atomic E-state index is 12.3. The zero-order chi connectivity index (χ0) is 34.0. The molecule has 0 N–H and O–H groups in total. The Morgan fingerprint density at radius 2 is 1.35 bits per heavy atom. The molecule has 0 saturated carbocycles. The molecule has 3 unspecified atom stereocenters. The Morgan fingerprint density at radius 3 is 2.04 bits per heavy atom. The van der Waals surface area contributed by atoms with Gasteiger partial charge in [0.25, 0.3) is 0 Å².